The Bertz CT molecular complexity index is 221. The van der Waals surface area contributed by atoms with Crippen molar-refractivity contribution in [3.63, 3.8) is 0 Å². The van der Waals surface area contributed by atoms with Gasteiger partial charge in [-0.25, -0.2) is 0 Å². The van der Waals surface area contributed by atoms with Crippen LogP contribution in [0.5, 0.6) is 0 Å². The Labute approximate surface area is 117 Å². The second-order valence-electron chi connectivity index (χ2n) is 5.58. The first-order valence-corrected chi connectivity index (χ1v) is 7.36. The summed E-state index contributed by atoms with van der Waals surface area (Å²) in [4.78, 5) is 2.26. The summed E-state index contributed by atoms with van der Waals surface area (Å²) in [5.41, 5.74) is 0. The van der Waals surface area contributed by atoms with E-state index in [2.05, 4.69) is 10.2 Å². The molecule has 5 heteroatoms. The summed E-state index contributed by atoms with van der Waals surface area (Å²) < 4.78 is 10.6. The monoisotopic (exact) mass is 274 g/mol. The molecular formula is C14H30N2O3. The molecule has 1 aliphatic heterocycles. The first-order chi connectivity index (χ1) is 9.11. The molecule has 0 aromatic rings. The summed E-state index contributed by atoms with van der Waals surface area (Å²) in [6.07, 6.45) is 2.21. The molecule has 0 saturated carbocycles. The lowest BCUT2D eigenvalue weighted by molar-refractivity contribution is -0.0118. The van der Waals surface area contributed by atoms with Crippen molar-refractivity contribution in [1.29, 1.82) is 0 Å². The normalized spacial score (nSPS) is 21.5. The lowest BCUT2D eigenvalue weighted by Gasteiger charge is -2.27. The summed E-state index contributed by atoms with van der Waals surface area (Å²) in [6.45, 7) is 8.66. The summed E-state index contributed by atoms with van der Waals surface area (Å²) in [5, 5.41) is 13.5. The van der Waals surface area contributed by atoms with E-state index in [1.165, 1.54) is 12.8 Å². The number of ether oxygens (including phenoxy) is 2. The zero-order chi connectivity index (χ0) is 14.1. The van der Waals surface area contributed by atoms with Gasteiger partial charge in [-0.05, 0) is 33.2 Å². The first kappa shape index (κ1) is 16.9. The number of nitrogens with one attached hydrogen (secondary N) is 1. The van der Waals surface area contributed by atoms with Crippen LogP contribution in [0.15, 0.2) is 0 Å². The predicted octanol–water partition coefficient (Wildman–Crippen LogP) is 0.473. The molecule has 2 unspecified atom stereocenters. The summed E-state index contributed by atoms with van der Waals surface area (Å²) in [6, 6.07) is 0.551. The standard InChI is InChI=1S/C14H30N2O3/c1-12(2)19-11-14(17)10-16(7-8-18-3)9-13-5-4-6-15-13/h12-15,17H,4-11H2,1-3H3. The minimum Gasteiger partial charge on any atom is -0.389 e. The van der Waals surface area contributed by atoms with Crippen molar-refractivity contribution in [3.8, 4) is 0 Å². The van der Waals surface area contributed by atoms with Crippen molar-refractivity contribution >= 4 is 0 Å². The van der Waals surface area contributed by atoms with E-state index in [4.69, 9.17) is 9.47 Å². The minimum atomic E-state index is -0.430. The van der Waals surface area contributed by atoms with Crippen LogP contribution in [-0.2, 0) is 9.47 Å². The van der Waals surface area contributed by atoms with Gasteiger partial charge in [0, 0.05) is 32.8 Å². The molecule has 0 amide bonds. The Hall–Kier alpha value is -0.200. The van der Waals surface area contributed by atoms with Gasteiger partial charge in [-0.15, -0.1) is 0 Å². The molecule has 1 saturated heterocycles. The molecule has 0 aromatic heterocycles. The third-order valence-corrected chi connectivity index (χ3v) is 3.34. The third-order valence-electron chi connectivity index (χ3n) is 3.34. The zero-order valence-electron chi connectivity index (χ0n) is 12.6. The highest BCUT2D eigenvalue weighted by Gasteiger charge is 2.19. The maximum absolute atomic E-state index is 10.0. The predicted molar refractivity (Wildman–Crippen MR) is 76.4 cm³/mol. The number of aliphatic hydroxyl groups excluding tert-OH is 1. The Morgan fingerprint density at radius 2 is 2.21 bits per heavy atom. The molecule has 0 aliphatic carbocycles. The number of aliphatic hydroxyl groups is 1. The van der Waals surface area contributed by atoms with Crippen molar-refractivity contribution in [1.82, 2.24) is 10.2 Å². The van der Waals surface area contributed by atoms with Crippen LogP contribution in [0, 0.1) is 0 Å². The van der Waals surface area contributed by atoms with Gasteiger partial charge in [0.1, 0.15) is 0 Å². The van der Waals surface area contributed by atoms with Crippen LogP contribution in [-0.4, -0.2) is 74.8 Å². The van der Waals surface area contributed by atoms with Gasteiger partial charge in [0.25, 0.3) is 0 Å². The van der Waals surface area contributed by atoms with E-state index in [0.29, 0.717) is 25.8 Å². The minimum absolute atomic E-state index is 0.165. The average Bonchev–Trinajstić information content (AvgIpc) is 2.86. The van der Waals surface area contributed by atoms with E-state index < -0.39 is 6.10 Å². The largest absolute Gasteiger partial charge is 0.389 e. The molecule has 1 heterocycles. The van der Waals surface area contributed by atoms with Gasteiger partial charge in [0.05, 0.1) is 25.4 Å². The number of hydrogen-bond acceptors (Lipinski definition) is 5. The van der Waals surface area contributed by atoms with Crippen LogP contribution < -0.4 is 5.32 Å². The van der Waals surface area contributed by atoms with Gasteiger partial charge < -0.3 is 19.9 Å². The van der Waals surface area contributed by atoms with Crippen molar-refractivity contribution in [2.75, 3.05) is 46.5 Å². The summed E-state index contributed by atoms with van der Waals surface area (Å²) in [5.74, 6) is 0. The molecule has 1 rings (SSSR count). The Kier molecular flexibility index (Phi) is 8.57. The molecule has 114 valence electrons. The number of nitrogens with zero attached hydrogens (tertiary/aromatic N) is 1. The van der Waals surface area contributed by atoms with Gasteiger partial charge >= 0.3 is 0 Å². The van der Waals surface area contributed by atoms with E-state index >= 15 is 0 Å². The third kappa shape index (κ3) is 7.84. The lowest BCUT2D eigenvalue weighted by Crippen LogP contribution is -2.43. The van der Waals surface area contributed by atoms with Crippen molar-refractivity contribution in [3.05, 3.63) is 0 Å². The molecule has 1 fully saturated rings. The van der Waals surface area contributed by atoms with Gasteiger partial charge in [-0.3, -0.25) is 4.90 Å². The van der Waals surface area contributed by atoms with Crippen molar-refractivity contribution < 1.29 is 14.6 Å². The summed E-state index contributed by atoms with van der Waals surface area (Å²) in [7, 11) is 1.71. The molecule has 19 heavy (non-hydrogen) atoms. The second kappa shape index (κ2) is 9.66. The molecule has 0 bridgehead atoms. The van der Waals surface area contributed by atoms with Crippen LogP contribution in [0.4, 0.5) is 0 Å². The fraction of sp³-hybridized carbons (Fsp3) is 1.00. The van der Waals surface area contributed by atoms with Crippen molar-refractivity contribution in [2.45, 2.75) is 44.9 Å². The van der Waals surface area contributed by atoms with E-state index in [0.717, 1.165) is 19.6 Å². The Balaban J connectivity index is 2.30. The highest BCUT2D eigenvalue weighted by Crippen LogP contribution is 2.07. The van der Waals surface area contributed by atoms with E-state index in [-0.39, 0.29) is 6.10 Å². The first-order valence-electron chi connectivity index (χ1n) is 7.36. The molecule has 0 radical (unpaired) electrons. The molecule has 0 spiro atoms. The fourth-order valence-corrected chi connectivity index (χ4v) is 2.36. The molecule has 1 aliphatic rings. The van der Waals surface area contributed by atoms with Crippen LogP contribution in [0.1, 0.15) is 26.7 Å². The second-order valence-corrected chi connectivity index (χ2v) is 5.58. The molecule has 5 nitrogen and oxygen atoms in total. The van der Waals surface area contributed by atoms with E-state index in [9.17, 15) is 5.11 Å². The van der Waals surface area contributed by atoms with Crippen LogP contribution >= 0.6 is 0 Å². The smallest absolute Gasteiger partial charge is 0.0900 e. The fourth-order valence-electron chi connectivity index (χ4n) is 2.36. The van der Waals surface area contributed by atoms with Gasteiger partial charge in [0.15, 0.2) is 0 Å². The lowest BCUT2D eigenvalue weighted by atomic mass is 10.2. The topological polar surface area (TPSA) is 54.0 Å². The molecule has 2 atom stereocenters. The van der Waals surface area contributed by atoms with E-state index in [1.54, 1.807) is 7.11 Å². The highest BCUT2D eigenvalue weighted by atomic mass is 16.5. The van der Waals surface area contributed by atoms with Gasteiger partial charge in [0.2, 0.25) is 0 Å². The summed E-state index contributed by atoms with van der Waals surface area (Å²) >= 11 is 0. The SMILES string of the molecule is COCCN(CC(O)COC(C)C)CC1CCCN1. The van der Waals surface area contributed by atoms with E-state index in [1.807, 2.05) is 13.8 Å². The Morgan fingerprint density at radius 1 is 1.42 bits per heavy atom. The van der Waals surface area contributed by atoms with Crippen LogP contribution in [0.3, 0.4) is 0 Å². The molecule has 2 N–H and O–H groups in total. The number of rotatable bonds is 10. The maximum Gasteiger partial charge on any atom is 0.0900 e. The molecule has 0 aromatic carbocycles. The Morgan fingerprint density at radius 3 is 2.79 bits per heavy atom. The maximum atomic E-state index is 10.0. The number of methoxy groups -OCH3 is 1. The molecular weight excluding hydrogens is 244 g/mol. The van der Waals surface area contributed by atoms with Crippen molar-refractivity contribution in [2.24, 2.45) is 0 Å². The van der Waals surface area contributed by atoms with Crippen LogP contribution in [0.25, 0.3) is 0 Å². The number of hydrogen-bond donors (Lipinski definition) is 2. The average molecular weight is 274 g/mol. The van der Waals surface area contributed by atoms with Gasteiger partial charge in [-0.1, -0.05) is 0 Å². The van der Waals surface area contributed by atoms with Crippen LogP contribution in [0.2, 0.25) is 0 Å². The van der Waals surface area contributed by atoms with Gasteiger partial charge in [-0.2, -0.15) is 0 Å². The zero-order valence-corrected chi connectivity index (χ0v) is 12.6. The quantitative estimate of drug-likeness (QED) is 0.607. The highest BCUT2D eigenvalue weighted by molar-refractivity contribution is 4.79.